The van der Waals surface area contributed by atoms with Gasteiger partial charge in [0.1, 0.15) is 0 Å². The molecule has 2 heterocycles. The first-order valence-corrected chi connectivity index (χ1v) is 4.77. The average molecular weight is 149 g/mol. The van der Waals surface area contributed by atoms with Gasteiger partial charge in [-0.05, 0) is 30.3 Å². The predicted molar refractivity (Wildman–Crippen MR) is 45.3 cm³/mol. The molecule has 60 valence electrons. The maximum Gasteiger partial charge on any atom is 0.0326 e. The van der Waals surface area contributed by atoms with Gasteiger partial charge in [-0.3, -0.25) is 4.90 Å². The summed E-state index contributed by atoms with van der Waals surface area (Å²) in [4.78, 5) is 2.64. The Morgan fingerprint density at radius 3 is 3.27 bits per heavy atom. The number of fused-ring (bicyclic) bond motifs is 1. The highest BCUT2D eigenvalue weighted by Crippen LogP contribution is 2.42. The third-order valence-corrected chi connectivity index (χ3v) is 3.51. The minimum Gasteiger partial charge on any atom is -0.292 e. The van der Waals surface area contributed by atoms with E-state index in [0.29, 0.717) is 0 Å². The lowest BCUT2D eigenvalue weighted by Crippen LogP contribution is -2.46. The Morgan fingerprint density at radius 2 is 2.36 bits per heavy atom. The van der Waals surface area contributed by atoms with Gasteiger partial charge in [0, 0.05) is 19.1 Å². The summed E-state index contributed by atoms with van der Waals surface area (Å²) in [5, 5.41) is 0. The van der Waals surface area contributed by atoms with Crippen molar-refractivity contribution >= 4 is 0 Å². The van der Waals surface area contributed by atoms with Crippen LogP contribution in [0.2, 0.25) is 0 Å². The Bertz CT molecular complexity index is 219. The van der Waals surface area contributed by atoms with E-state index in [9.17, 15) is 0 Å². The fraction of sp³-hybridized carbons (Fsp3) is 0.800. The number of nitrogens with zero attached hydrogens (tertiary/aromatic N) is 1. The summed E-state index contributed by atoms with van der Waals surface area (Å²) in [6.45, 7) is 5.06. The van der Waals surface area contributed by atoms with Crippen LogP contribution in [0.4, 0.5) is 0 Å². The van der Waals surface area contributed by atoms with E-state index >= 15 is 0 Å². The summed E-state index contributed by atoms with van der Waals surface area (Å²) >= 11 is 0. The van der Waals surface area contributed by atoms with Gasteiger partial charge in [-0.1, -0.05) is 13.0 Å². The minimum absolute atomic E-state index is 0.863. The molecule has 2 fully saturated rings. The van der Waals surface area contributed by atoms with Crippen molar-refractivity contribution in [3.05, 3.63) is 11.6 Å². The van der Waals surface area contributed by atoms with Crippen LogP contribution in [0.15, 0.2) is 11.6 Å². The third kappa shape index (κ3) is 0.750. The summed E-state index contributed by atoms with van der Waals surface area (Å²) in [5.41, 5.74) is 1.75. The van der Waals surface area contributed by atoms with Crippen molar-refractivity contribution in [3.8, 4) is 0 Å². The summed E-state index contributed by atoms with van der Waals surface area (Å²) in [7, 11) is 0. The molecule has 3 atom stereocenters. The lowest BCUT2D eigenvalue weighted by Gasteiger charge is -2.39. The SMILES string of the molecule is CC1C=C2CN3CC(C1)CC23. The minimum atomic E-state index is 0.863. The Kier molecular flexibility index (Phi) is 1.07. The lowest BCUT2D eigenvalue weighted by molar-refractivity contribution is 0.209. The van der Waals surface area contributed by atoms with Crippen molar-refractivity contribution in [3.63, 3.8) is 0 Å². The molecule has 11 heavy (non-hydrogen) atoms. The fourth-order valence-electron chi connectivity index (χ4n) is 3.08. The molecule has 0 aromatic rings. The Hall–Kier alpha value is -0.300. The zero-order valence-electron chi connectivity index (χ0n) is 7.09. The summed E-state index contributed by atoms with van der Waals surface area (Å²) in [6.07, 6.45) is 5.44. The smallest absolute Gasteiger partial charge is 0.0326 e. The van der Waals surface area contributed by atoms with Crippen LogP contribution in [-0.4, -0.2) is 24.0 Å². The van der Waals surface area contributed by atoms with Crippen LogP contribution in [0.1, 0.15) is 19.8 Å². The first-order valence-electron chi connectivity index (χ1n) is 4.77. The number of hydrogen-bond acceptors (Lipinski definition) is 1. The molecule has 0 N–H and O–H groups in total. The van der Waals surface area contributed by atoms with Crippen molar-refractivity contribution in [2.45, 2.75) is 25.8 Å². The van der Waals surface area contributed by atoms with Crippen molar-refractivity contribution in [1.82, 2.24) is 4.90 Å². The van der Waals surface area contributed by atoms with Crippen LogP contribution in [0, 0.1) is 11.8 Å². The van der Waals surface area contributed by atoms with Gasteiger partial charge >= 0.3 is 0 Å². The zero-order chi connectivity index (χ0) is 7.42. The second-order valence-electron chi connectivity index (χ2n) is 4.50. The van der Waals surface area contributed by atoms with Crippen LogP contribution >= 0.6 is 0 Å². The molecular formula is C10H15N. The van der Waals surface area contributed by atoms with E-state index in [0.717, 1.165) is 17.9 Å². The molecule has 2 saturated heterocycles. The topological polar surface area (TPSA) is 3.24 Å². The van der Waals surface area contributed by atoms with E-state index in [1.165, 1.54) is 25.9 Å². The Labute approximate surface area is 68.1 Å². The van der Waals surface area contributed by atoms with Crippen molar-refractivity contribution < 1.29 is 0 Å². The lowest BCUT2D eigenvalue weighted by atomic mass is 9.94. The molecule has 1 heteroatoms. The number of allylic oxidation sites excluding steroid dienone is 1. The monoisotopic (exact) mass is 149 g/mol. The van der Waals surface area contributed by atoms with Crippen LogP contribution in [0.5, 0.6) is 0 Å². The largest absolute Gasteiger partial charge is 0.292 e. The highest BCUT2D eigenvalue weighted by Gasteiger charge is 2.43. The fourth-order valence-corrected chi connectivity index (χ4v) is 3.08. The average Bonchev–Trinajstić information content (AvgIpc) is 2.14. The van der Waals surface area contributed by atoms with Gasteiger partial charge in [0.25, 0.3) is 0 Å². The zero-order valence-corrected chi connectivity index (χ0v) is 7.09. The van der Waals surface area contributed by atoms with Gasteiger partial charge in [-0.15, -0.1) is 0 Å². The van der Waals surface area contributed by atoms with Gasteiger partial charge in [0.05, 0.1) is 0 Å². The van der Waals surface area contributed by atoms with E-state index < -0.39 is 0 Å². The molecule has 0 aromatic heterocycles. The molecule has 0 spiro atoms. The van der Waals surface area contributed by atoms with Gasteiger partial charge in [-0.25, -0.2) is 0 Å². The molecule has 2 bridgehead atoms. The van der Waals surface area contributed by atoms with Crippen molar-refractivity contribution in [2.75, 3.05) is 13.1 Å². The van der Waals surface area contributed by atoms with Gasteiger partial charge < -0.3 is 0 Å². The maximum atomic E-state index is 2.64. The summed E-state index contributed by atoms with van der Waals surface area (Å²) in [6, 6.07) is 0.893. The Morgan fingerprint density at radius 1 is 1.45 bits per heavy atom. The summed E-state index contributed by atoms with van der Waals surface area (Å²) < 4.78 is 0. The van der Waals surface area contributed by atoms with E-state index in [1.54, 1.807) is 5.57 Å². The highest BCUT2D eigenvalue weighted by atomic mass is 15.2. The number of hydrogen-bond donors (Lipinski definition) is 0. The summed E-state index contributed by atoms with van der Waals surface area (Å²) in [5.74, 6) is 1.88. The molecule has 3 unspecified atom stereocenters. The number of rotatable bonds is 0. The predicted octanol–water partition coefficient (Wildman–Crippen LogP) is 1.66. The van der Waals surface area contributed by atoms with Crippen molar-refractivity contribution in [1.29, 1.82) is 0 Å². The van der Waals surface area contributed by atoms with Crippen LogP contribution < -0.4 is 0 Å². The third-order valence-electron chi connectivity index (χ3n) is 3.51. The molecule has 0 saturated carbocycles. The quantitative estimate of drug-likeness (QED) is 0.473. The van der Waals surface area contributed by atoms with E-state index in [1.807, 2.05) is 0 Å². The van der Waals surface area contributed by atoms with Crippen LogP contribution in [0.3, 0.4) is 0 Å². The molecule has 3 aliphatic rings. The second-order valence-corrected chi connectivity index (χ2v) is 4.50. The molecule has 1 aliphatic carbocycles. The van der Waals surface area contributed by atoms with Gasteiger partial charge in [-0.2, -0.15) is 0 Å². The molecule has 0 amide bonds. The standard InChI is InChI=1S/C10H15N/c1-7-2-8-4-10-9(3-7)6-11(10)5-8/h3,7-8,10H,2,4-6H2,1H3. The van der Waals surface area contributed by atoms with E-state index in [2.05, 4.69) is 17.9 Å². The molecule has 0 aromatic carbocycles. The highest BCUT2D eigenvalue weighted by molar-refractivity contribution is 5.27. The van der Waals surface area contributed by atoms with E-state index in [-0.39, 0.29) is 0 Å². The second kappa shape index (κ2) is 1.89. The first kappa shape index (κ1) is 6.24. The molecule has 2 aliphatic heterocycles. The van der Waals surface area contributed by atoms with Gasteiger partial charge in [0.15, 0.2) is 0 Å². The molecule has 0 radical (unpaired) electrons. The van der Waals surface area contributed by atoms with Gasteiger partial charge in [0.2, 0.25) is 0 Å². The molecular weight excluding hydrogens is 134 g/mol. The molecule has 1 nitrogen and oxygen atoms in total. The van der Waals surface area contributed by atoms with Crippen LogP contribution in [0.25, 0.3) is 0 Å². The first-order chi connectivity index (χ1) is 5.33. The van der Waals surface area contributed by atoms with Crippen molar-refractivity contribution in [2.24, 2.45) is 11.8 Å². The van der Waals surface area contributed by atoms with E-state index in [4.69, 9.17) is 0 Å². The molecule has 3 rings (SSSR count). The Balaban J connectivity index is 1.97. The van der Waals surface area contributed by atoms with Crippen LogP contribution in [-0.2, 0) is 0 Å². The maximum absolute atomic E-state index is 2.64. The normalized spacial score (nSPS) is 48.1.